The number of ether oxygens (including phenoxy) is 1. The summed E-state index contributed by atoms with van der Waals surface area (Å²) in [5, 5.41) is 0. The second-order valence-electron chi connectivity index (χ2n) is 4.67. The van der Waals surface area contributed by atoms with Crippen LogP contribution in [0.2, 0.25) is 0 Å². The van der Waals surface area contributed by atoms with Gasteiger partial charge in [-0.15, -0.1) is 0 Å². The van der Waals surface area contributed by atoms with Crippen LogP contribution in [0, 0.1) is 0 Å². The highest BCUT2D eigenvalue weighted by Crippen LogP contribution is 2.32. The van der Waals surface area contributed by atoms with Crippen LogP contribution in [0.3, 0.4) is 0 Å². The van der Waals surface area contributed by atoms with Gasteiger partial charge in [0.15, 0.2) is 0 Å². The summed E-state index contributed by atoms with van der Waals surface area (Å²) in [7, 11) is 0. The minimum absolute atomic E-state index is 0.117. The zero-order chi connectivity index (χ0) is 11.1. The molecule has 1 rings (SSSR count). The normalized spacial score (nSPS) is 18.3. The number of unbranched alkanes of at least 4 members (excludes halogenated alkanes) is 3. The van der Waals surface area contributed by atoms with Gasteiger partial charge in [-0.05, 0) is 25.7 Å². The lowest BCUT2D eigenvalue weighted by atomic mass is 9.75. The largest absolute Gasteiger partial charge is 0.466 e. The Morgan fingerprint density at radius 1 is 1.33 bits per heavy atom. The molecule has 0 aromatic heterocycles. The Labute approximate surface area is 92.4 Å². The molecule has 0 radical (unpaired) electrons. The summed E-state index contributed by atoms with van der Waals surface area (Å²) in [6, 6.07) is 0. The zero-order valence-corrected chi connectivity index (χ0v) is 9.76. The number of carbonyl (C=O) groups is 1. The van der Waals surface area contributed by atoms with Gasteiger partial charge < -0.3 is 10.5 Å². The van der Waals surface area contributed by atoms with Crippen molar-refractivity contribution in [3.63, 3.8) is 0 Å². The quantitative estimate of drug-likeness (QED) is 0.522. The molecule has 1 aliphatic carbocycles. The number of hydrogen-bond donors (Lipinski definition) is 1. The van der Waals surface area contributed by atoms with Gasteiger partial charge in [0.25, 0.3) is 0 Å². The first kappa shape index (κ1) is 12.5. The second-order valence-corrected chi connectivity index (χ2v) is 4.67. The Bertz CT molecular complexity index is 200. The SMILES string of the molecule is CCCCCCOC(=O)CC1(N)CCC1. The molecule has 1 fully saturated rings. The summed E-state index contributed by atoms with van der Waals surface area (Å²) in [5.74, 6) is -0.117. The van der Waals surface area contributed by atoms with E-state index in [1.807, 2.05) is 0 Å². The third-order valence-corrected chi connectivity index (χ3v) is 3.11. The lowest BCUT2D eigenvalue weighted by Gasteiger charge is -2.37. The van der Waals surface area contributed by atoms with Crippen LogP contribution in [0.4, 0.5) is 0 Å². The maximum Gasteiger partial charge on any atom is 0.307 e. The van der Waals surface area contributed by atoms with E-state index in [1.165, 1.54) is 12.8 Å². The smallest absolute Gasteiger partial charge is 0.307 e. The molecule has 0 spiro atoms. The van der Waals surface area contributed by atoms with E-state index in [-0.39, 0.29) is 11.5 Å². The maximum atomic E-state index is 11.4. The Kier molecular flexibility index (Phi) is 5.09. The highest BCUT2D eigenvalue weighted by molar-refractivity contribution is 5.71. The number of hydrogen-bond acceptors (Lipinski definition) is 3. The van der Waals surface area contributed by atoms with Crippen molar-refractivity contribution in [1.82, 2.24) is 0 Å². The average molecular weight is 213 g/mol. The molecule has 1 aliphatic rings. The molecule has 1 saturated carbocycles. The molecule has 0 saturated heterocycles. The van der Waals surface area contributed by atoms with E-state index in [1.54, 1.807) is 0 Å². The van der Waals surface area contributed by atoms with Crippen molar-refractivity contribution < 1.29 is 9.53 Å². The molecular formula is C12H23NO2. The van der Waals surface area contributed by atoms with Gasteiger partial charge in [-0.1, -0.05) is 26.2 Å². The van der Waals surface area contributed by atoms with E-state index < -0.39 is 0 Å². The van der Waals surface area contributed by atoms with Crippen LogP contribution in [-0.4, -0.2) is 18.1 Å². The highest BCUT2D eigenvalue weighted by atomic mass is 16.5. The minimum Gasteiger partial charge on any atom is -0.466 e. The van der Waals surface area contributed by atoms with Crippen LogP contribution in [0.5, 0.6) is 0 Å². The fourth-order valence-corrected chi connectivity index (χ4v) is 1.86. The van der Waals surface area contributed by atoms with E-state index in [0.29, 0.717) is 13.0 Å². The van der Waals surface area contributed by atoms with Crippen molar-refractivity contribution in [3.8, 4) is 0 Å². The standard InChI is InChI=1S/C12H23NO2/c1-2-3-4-5-9-15-11(14)10-12(13)7-6-8-12/h2-10,13H2,1H3. The van der Waals surface area contributed by atoms with Crippen molar-refractivity contribution in [1.29, 1.82) is 0 Å². The third kappa shape index (κ3) is 4.65. The number of carbonyl (C=O) groups excluding carboxylic acids is 1. The fourth-order valence-electron chi connectivity index (χ4n) is 1.86. The van der Waals surface area contributed by atoms with E-state index in [0.717, 1.165) is 32.1 Å². The molecule has 0 bridgehead atoms. The Morgan fingerprint density at radius 3 is 2.60 bits per heavy atom. The molecule has 0 atom stereocenters. The molecule has 0 amide bonds. The van der Waals surface area contributed by atoms with Crippen molar-refractivity contribution >= 4 is 5.97 Å². The Balaban J connectivity index is 1.98. The highest BCUT2D eigenvalue weighted by Gasteiger charge is 2.35. The predicted molar refractivity (Wildman–Crippen MR) is 60.5 cm³/mol. The summed E-state index contributed by atoms with van der Waals surface area (Å²) in [6.45, 7) is 2.73. The maximum absolute atomic E-state index is 11.4. The van der Waals surface area contributed by atoms with Crippen LogP contribution in [0.25, 0.3) is 0 Å². The van der Waals surface area contributed by atoms with Crippen LogP contribution in [-0.2, 0) is 9.53 Å². The summed E-state index contributed by atoms with van der Waals surface area (Å²) in [4.78, 5) is 11.4. The lowest BCUT2D eigenvalue weighted by Crippen LogP contribution is -2.48. The first-order valence-corrected chi connectivity index (χ1v) is 6.11. The van der Waals surface area contributed by atoms with Gasteiger partial charge in [0.2, 0.25) is 0 Å². The van der Waals surface area contributed by atoms with E-state index in [4.69, 9.17) is 10.5 Å². The zero-order valence-electron chi connectivity index (χ0n) is 9.76. The molecular weight excluding hydrogens is 190 g/mol. The van der Waals surface area contributed by atoms with E-state index in [9.17, 15) is 4.79 Å². The lowest BCUT2D eigenvalue weighted by molar-refractivity contribution is -0.146. The second kappa shape index (κ2) is 6.11. The molecule has 88 valence electrons. The van der Waals surface area contributed by atoms with Crippen LogP contribution < -0.4 is 5.73 Å². The van der Waals surface area contributed by atoms with Crippen LogP contribution >= 0.6 is 0 Å². The van der Waals surface area contributed by atoms with Crippen molar-refractivity contribution in [2.75, 3.05) is 6.61 Å². The summed E-state index contributed by atoms with van der Waals surface area (Å²) >= 11 is 0. The summed E-state index contributed by atoms with van der Waals surface area (Å²) in [6.07, 6.45) is 8.06. The first-order valence-electron chi connectivity index (χ1n) is 6.11. The van der Waals surface area contributed by atoms with E-state index in [2.05, 4.69) is 6.92 Å². The Morgan fingerprint density at radius 2 is 2.07 bits per heavy atom. The molecule has 0 heterocycles. The average Bonchev–Trinajstić information content (AvgIpc) is 2.15. The van der Waals surface area contributed by atoms with Gasteiger partial charge in [0.05, 0.1) is 13.0 Å². The number of rotatable bonds is 7. The van der Waals surface area contributed by atoms with Gasteiger partial charge in [0.1, 0.15) is 0 Å². The molecule has 0 aliphatic heterocycles. The number of esters is 1. The molecule has 3 nitrogen and oxygen atoms in total. The van der Waals surface area contributed by atoms with Gasteiger partial charge in [0, 0.05) is 5.54 Å². The Hall–Kier alpha value is -0.570. The van der Waals surface area contributed by atoms with Gasteiger partial charge >= 0.3 is 5.97 Å². The topological polar surface area (TPSA) is 52.3 Å². The predicted octanol–water partition coefficient (Wildman–Crippen LogP) is 2.38. The van der Waals surface area contributed by atoms with Gasteiger partial charge in [-0.25, -0.2) is 0 Å². The van der Waals surface area contributed by atoms with Crippen molar-refractivity contribution in [2.24, 2.45) is 5.73 Å². The van der Waals surface area contributed by atoms with Crippen molar-refractivity contribution in [3.05, 3.63) is 0 Å². The third-order valence-electron chi connectivity index (χ3n) is 3.11. The van der Waals surface area contributed by atoms with Gasteiger partial charge in [-0.2, -0.15) is 0 Å². The van der Waals surface area contributed by atoms with E-state index >= 15 is 0 Å². The van der Waals surface area contributed by atoms with Crippen LogP contribution in [0.1, 0.15) is 58.3 Å². The molecule has 0 unspecified atom stereocenters. The van der Waals surface area contributed by atoms with Crippen molar-refractivity contribution in [2.45, 2.75) is 63.8 Å². The summed E-state index contributed by atoms with van der Waals surface area (Å²) < 4.78 is 5.14. The van der Waals surface area contributed by atoms with Gasteiger partial charge in [-0.3, -0.25) is 4.79 Å². The monoisotopic (exact) mass is 213 g/mol. The molecule has 3 heteroatoms. The molecule has 0 aromatic rings. The fraction of sp³-hybridized carbons (Fsp3) is 0.917. The summed E-state index contributed by atoms with van der Waals surface area (Å²) in [5.41, 5.74) is 5.72. The first-order chi connectivity index (χ1) is 7.16. The molecule has 2 N–H and O–H groups in total. The molecule has 15 heavy (non-hydrogen) atoms. The van der Waals surface area contributed by atoms with Crippen LogP contribution in [0.15, 0.2) is 0 Å². The number of nitrogens with two attached hydrogens (primary N) is 1. The molecule has 0 aromatic carbocycles. The minimum atomic E-state index is -0.236.